The zero-order chi connectivity index (χ0) is 14.1. The van der Waals surface area contributed by atoms with Crippen molar-refractivity contribution in [1.82, 2.24) is 0 Å². The fraction of sp³-hybridized carbons (Fsp3) is 0.429. The summed E-state index contributed by atoms with van der Waals surface area (Å²) in [6.45, 7) is 0.211. The number of carbonyl (C=O) groups is 2. The van der Waals surface area contributed by atoms with E-state index in [2.05, 4.69) is 0 Å². The first-order valence-corrected chi connectivity index (χ1v) is 6.27. The van der Waals surface area contributed by atoms with Crippen molar-refractivity contribution in [2.75, 3.05) is 0 Å². The molecular weight excluding hydrogens is 246 g/mol. The molecule has 0 bridgehead atoms. The molecule has 5 heteroatoms. The summed E-state index contributed by atoms with van der Waals surface area (Å²) in [5.41, 5.74) is 6.59. The Morgan fingerprint density at radius 1 is 1.21 bits per heavy atom. The Hall–Kier alpha value is -1.88. The van der Waals surface area contributed by atoms with Gasteiger partial charge in [0.15, 0.2) is 0 Å². The van der Waals surface area contributed by atoms with Gasteiger partial charge in [-0.2, -0.15) is 0 Å². The van der Waals surface area contributed by atoms with Crippen LogP contribution in [0.25, 0.3) is 0 Å². The molecule has 0 aliphatic heterocycles. The topological polar surface area (TPSA) is 89.6 Å². The lowest BCUT2D eigenvalue weighted by Gasteiger charge is -2.11. The third kappa shape index (κ3) is 6.57. The monoisotopic (exact) mass is 265 g/mol. The van der Waals surface area contributed by atoms with Crippen LogP contribution in [0.2, 0.25) is 0 Å². The minimum Gasteiger partial charge on any atom is -0.481 e. The minimum atomic E-state index is -0.833. The lowest BCUT2D eigenvalue weighted by atomic mass is 10.1. The Morgan fingerprint density at radius 2 is 1.89 bits per heavy atom. The van der Waals surface area contributed by atoms with E-state index < -0.39 is 18.0 Å². The van der Waals surface area contributed by atoms with Gasteiger partial charge in [0.2, 0.25) is 0 Å². The largest absolute Gasteiger partial charge is 0.481 e. The second-order valence-corrected chi connectivity index (χ2v) is 4.34. The molecule has 0 spiro atoms. The minimum absolute atomic E-state index is 0.103. The van der Waals surface area contributed by atoms with Crippen LogP contribution < -0.4 is 5.73 Å². The summed E-state index contributed by atoms with van der Waals surface area (Å²) in [5.74, 6) is -1.28. The van der Waals surface area contributed by atoms with Crippen LogP contribution in [0.15, 0.2) is 30.3 Å². The zero-order valence-electron chi connectivity index (χ0n) is 10.7. The predicted molar refractivity (Wildman–Crippen MR) is 70.3 cm³/mol. The van der Waals surface area contributed by atoms with Crippen LogP contribution >= 0.6 is 0 Å². The summed E-state index contributed by atoms with van der Waals surface area (Å²) in [6.07, 6.45) is 1.68. The molecular formula is C14H19NO4. The van der Waals surface area contributed by atoms with E-state index in [0.717, 1.165) is 5.56 Å². The molecule has 1 aromatic rings. The number of hydrogen-bond donors (Lipinski definition) is 2. The fourth-order valence-corrected chi connectivity index (χ4v) is 1.59. The summed E-state index contributed by atoms with van der Waals surface area (Å²) in [5, 5.41) is 8.48. The van der Waals surface area contributed by atoms with Gasteiger partial charge >= 0.3 is 11.9 Å². The number of esters is 1. The second kappa shape index (κ2) is 8.26. The molecule has 0 aliphatic carbocycles. The van der Waals surface area contributed by atoms with E-state index in [1.807, 2.05) is 30.3 Å². The number of aliphatic carboxylic acids is 1. The van der Waals surface area contributed by atoms with Gasteiger partial charge in [-0.05, 0) is 18.4 Å². The highest BCUT2D eigenvalue weighted by Gasteiger charge is 2.14. The van der Waals surface area contributed by atoms with E-state index in [0.29, 0.717) is 19.3 Å². The maximum atomic E-state index is 11.6. The van der Waals surface area contributed by atoms with Crippen molar-refractivity contribution in [2.45, 2.75) is 38.3 Å². The number of hydrogen-bond acceptors (Lipinski definition) is 4. The predicted octanol–water partition coefficient (Wildman–Crippen LogP) is 1.70. The van der Waals surface area contributed by atoms with Crippen molar-refractivity contribution < 1.29 is 19.4 Å². The summed E-state index contributed by atoms with van der Waals surface area (Å²) in [6, 6.07) is 8.68. The van der Waals surface area contributed by atoms with Crippen molar-refractivity contribution >= 4 is 11.9 Å². The summed E-state index contributed by atoms with van der Waals surface area (Å²) >= 11 is 0. The molecule has 0 amide bonds. The molecule has 0 saturated carbocycles. The highest BCUT2D eigenvalue weighted by atomic mass is 16.5. The molecule has 5 nitrogen and oxygen atoms in total. The van der Waals surface area contributed by atoms with Crippen LogP contribution in [0, 0.1) is 0 Å². The van der Waals surface area contributed by atoms with Crippen LogP contribution in [0.1, 0.15) is 31.2 Å². The van der Waals surface area contributed by atoms with Crippen LogP contribution in [0.4, 0.5) is 0 Å². The smallest absolute Gasteiger partial charge is 0.323 e. The highest BCUT2D eigenvalue weighted by molar-refractivity contribution is 5.75. The Morgan fingerprint density at radius 3 is 2.53 bits per heavy atom. The molecule has 1 atom stereocenters. The number of benzene rings is 1. The fourth-order valence-electron chi connectivity index (χ4n) is 1.59. The summed E-state index contributed by atoms with van der Waals surface area (Å²) < 4.78 is 5.09. The van der Waals surface area contributed by atoms with Gasteiger partial charge in [0.05, 0.1) is 0 Å². The van der Waals surface area contributed by atoms with Crippen molar-refractivity contribution in [3.05, 3.63) is 35.9 Å². The van der Waals surface area contributed by atoms with Gasteiger partial charge in [0, 0.05) is 6.42 Å². The maximum absolute atomic E-state index is 11.6. The van der Waals surface area contributed by atoms with E-state index in [1.54, 1.807) is 0 Å². The average Bonchev–Trinajstić information content (AvgIpc) is 2.41. The third-order valence-electron chi connectivity index (χ3n) is 2.68. The van der Waals surface area contributed by atoms with Gasteiger partial charge in [0.1, 0.15) is 12.6 Å². The normalized spacial score (nSPS) is 11.8. The van der Waals surface area contributed by atoms with Gasteiger partial charge < -0.3 is 15.6 Å². The molecule has 1 unspecified atom stereocenters. The van der Waals surface area contributed by atoms with E-state index in [-0.39, 0.29) is 13.0 Å². The standard InChI is InChI=1S/C14H19NO4/c15-12(8-4-5-9-13(16)17)14(18)19-10-11-6-2-1-3-7-11/h1-3,6-7,12H,4-5,8-10,15H2,(H,16,17). The Kier molecular flexibility index (Phi) is 6.60. The number of nitrogens with two attached hydrogens (primary N) is 1. The van der Waals surface area contributed by atoms with E-state index >= 15 is 0 Å². The Labute approximate surface area is 112 Å². The number of carboxylic acid groups (broad SMARTS) is 1. The SMILES string of the molecule is NC(CCCCC(=O)O)C(=O)OCc1ccccc1. The zero-order valence-corrected chi connectivity index (χ0v) is 10.7. The van der Waals surface area contributed by atoms with E-state index in [4.69, 9.17) is 15.6 Å². The third-order valence-corrected chi connectivity index (χ3v) is 2.68. The highest BCUT2D eigenvalue weighted by Crippen LogP contribution is 2.06. The van der Waals surface area contributed by atoms with Gasteiger partial charge in [-0.15, -0.1) is 0 Å². The second-order valence-electron chi connectivity index (χ2n) is 4.34. The Balaban J connectivity index is 2.20. The summed E-state index contributed by atoms with van der Waals surface area (Å²) in [4.78, 5) is 21.9. The average molecular weight is 265 g/mol. The molecule has 0 heterocycles. The quantitative estimate of drug-likeness (QED) is 0.551. The first-order valence-electron chi connectivity index (χ1n) is 6.27. The van der Waals surface area contributed by atoms with Crippen LogP contribution in [0.5, 0.6) is 0 Å². The Bertz CT molecular complexity index is 405. The van der Waals surface area contributed by atoms with Crippen LogP contribution in [0.3, 0.4) is 0 Å². The van der Waals surface area contributed by atoms with Crippen molar-refractivity contribution in [3.8, 4) is 0 Å². The maximum Gasteiger partial charge on any atom is 0.323 e. The van der Waals surface area contributed by atoms with Crippen molar-refractivity contribution in [1.29, 1.82) is 0 Å². The number of carbonyl (C=O) groups excluding carboxylic acids is 1. The lowest BCUT2D eigenvalue weighted by molar-refractivity contribution is -0.146. The molecule has 3 N–H and O–H groups in total. The van der Waals surface area contributed by atoms with Gasteiger partial charge in [-0.25, -0.2) is 0 Å². The first-order chi connectivity index (χ1) is 9.09. The number of rotatable bonds is 8. The number of unbranched alkanes of at least 4 members (excludes halogenated alkanes) is 1. The molecule has 19 heavy (non-hydrogen) atoms. The van der Waals surface area contributed by atoms with Crippen LogP contribution in [-0.2, 0) is 20.9 Å². The van der Waals surface area contributed by atoms with E-state index in [9.17, 15) is 9.59 Å². The van der Waals surface area contributed by atoms with Crippen molar-refractivity contribution in [3.63, 3.8) is 0 Å². The molecule has 104 valence electrons. The number of ether oxygens (including phenoxy) is 1. The van der Waals surface area contributed by atoms with Gasteiger partial charge in [0.25, 0.3) is 0 Å². The molecule has 0 radical (unpaired) electrons. The lowest BCUT2D eigenvalue weighted by Crippen LogP contribution is -2.32. The van der Waals surface area contributed by atoms with E-state index in [1.165, 1.54) is 0 Å². The summed E-state index contributed by atoms with van der Waals surface area (Å²) in [7, 11) is 0. The van der Waals surface area contributed by atoms with Crippen LogP contribution in [-0.4, -0.2) is 23.1 Å². The number of carboxylic acids is 1. The molecule has 0 saturated heterocycles. The molecule has 1 aromatic carbocycles. The molecule has 1 rings (SSSR count). The molecule has 0 fully saturated rings. The van der Waals surface area contributed by atoms with Gasteiger partial charge in [-0.3, -0.25) is 9.59 Å². The molecule has 0 aromatic heterocycles. The first kappa shape index (κ1) is 15.2. The van der Waals surface area contributed by atoms with Gasteiger partial charge in [-0.1, -0.05) is 36.8 Å². The van der Waals surface area contributed by atoms with Crippen molar-refractivity contribution in [2.24, 2.45) is 5.73 Å². The molecule has 0 aliphatic rings.